The van der Waals surface area contributed by atoms with Gasteiger partial charge in [-0.3, -0.25) is 4.79 Å². The number of nitrogens with one attached hydrogen (secondary N) is 1. The maximum absolute atomic E-state index is 12.9. The van der Waals surface area contributed by atoms with E-state index in [-0.39, 0.29) is 18.4 Å². The number of rotatable bonds is 7. The van der Waals surface area contributed by atoms with Crippen molar-refractivity contribution in [3.63, 3.8) is 0 Å². The molecule has 1 aromatic carbocycles. The quantitative estimate of drug-likeness (QED) is 0.719. The lowest BCUT2D eigenvalue weighted by molar-refractivity contribution is -0.126. The first-order valence-electron chi connectivity index (χ1n) is 9.40. The summed E-state index contributed by atoms with van der Waals surface area (Å²) in [4.78, 5) is 13.6. The fraction of sp³-hybridized carbons (Fsp3) is 0.450. The lowest BCUT2D eigenvalue weighted by Crippen LogP contribution is -2.45. The summed E-state index contributed by atoms with van der Waals surface area (Å²) in [5, 5.41) is 2.92. The zero-order valence-corrected chi connectivity index (χ0v) is 18.4. The normalized spacial score (nSPS) is 17.7. The molecule has 2 aromatic rings. The maximum Gasteiger partial charge on any atom is 0.252 e. The van der Waals surface area contributed by atoms with Crippen molar-refractivity contribution in [2.24, 2.45) is 5.92 Å². The molecule has 2 heterocycles. The Balaban J connectivity index is 1.63. The number of benzene rings is 1. The van der Waals surface area contributed by atoms with Crippen LogP contribution in [0.2, 0.25) is 0 Å². The van der Waals surface area contributed by atoms with Gasteiger partial charge in [-0.2, -0.15) is 4.31 Å². The van der Waals surface area contributed by atoms with Crippen LogP contribution in [0.4, 0.5) is 0 Å². The van der Waals surface area contributed by atoms with Crippen LogP contribution < -0.4 is 14.8 Å². The van der Waals surface area contributed by atoms with Gasteiger partial charge in [0.25, 0.3) is 10.0 Å². The third-order valence-corrected chi connectivity index (χ3v) is 8.31. The molecule has 1 aliphatic rings. The van der Waals surface area contributed by atoms with Crippen molar-refractivity contribution in [1.82, 2.24) is 9.62 Å². The molecular formula is C20H26N2O5S2. The van der Waals surface area contributed by atoms with Crippen LogP contribution in [0.5, 0.6) is 11.5 Å². The number of thiophene rings is 1. The van der Waals surface area contributed by atoms with Crippen LogP contribution in [-0.4, -0.2) is 45.9 Å². The molecule has 0 saturated carbocycles. The summed E-state index contributed by atoms with van der Waals surface area (Å²) < 4.78 is 38.0. The Kier molecular flexibility index (Phi) is 6.81. The molecule has 158 valence electrons. The van der Waals surface area contributed by atoms with Crippen LogP contribution in [0.15, 0.2) is 34.5 Å². The molecule has 0 bridgehead atoms. The number of piperidine rings is 1. The summed E-state index contributed by atoms with van der Waals surface area (Å²) in [6, 6.07) is 8.90. The molecule has 3 rings (SSSR count). The second-order valence-corrected chi connectivity index (χ2v) is 10.4. The molecular weight excluding hydrogens is 412 g/mol. The number of nitrogens with zero attached hydrogens (tertiary/aromatic N) is 1. The Morgan fingerprint density at radius 1 is 1.21 bits per heavy atom. The van der Waals surface area contributed by atoms with Crippen molar-refractivity contribution in [1.29, 1.82) is 0 Å². The van der Waals surface area contributed by atoms with Gasteiger partial charge in [-0.05, 0) is 49.6 Å². The summed E-state index contributed by atoms with van der Waals surface area (Å²) in [7, 11) is -0.419. The van der Waals surface area contributed by atoms with Gasteiger partial charge in [0.1, 0.15) is 4.21 Å². The lowest BCUT2D eigenvalue weighted by atomic mass is 9.98. The first-order valence-corrected chi connectivity index (χ1v) is 11.7. The van der Waals surface area contributed by atoms with Crippen LogP contribution in [0.3, 0.4) is 0 Å². The molecule has 1 aromatic heterocycles. The van der Waals surface area contributed by atoms with Gasteiger partial charge < -0.3 is 14.8 Å². The highest BCUT2D eigenvalue weighted by molar-refractivity contribution is 7.91. The summed E-state index contributed by atoms with van der Waals surface area (Å²) in [6.07, 6.45) is 1.34. The van der Waals surface area contributed by atoms with Crippen molar-refractivity contribution in [3.8, 4) is 11.5 Å². The van der Waals surface area contributed by atoms with Gasteiger partial charge in [0.15, 0.2) is 11.5 Å². The number of hydrogen-bond acceptors (Lipinski definition) is 6. The van der Waals surface area contributed by atoms with E-state index < -0.39 is 10.0 Å². The van der Waals surface area contributed by atoms with Gasteiger partial charge in [0, 0.05) is 24.5 Å². The highest BCUT2D eigenvalue weighted by Crippen LogP contribution is 2.29. The Morgan fingerprint density at radius 2 is 1.97 bits per heavy atom. The zero-order chi connectivity index (χ0) is 21.0. The molecule has 1 fully saturated rings. The van der Waals surface area contributed by atoms with Crippen LogP contribution in [-0.2, 0) is 21.4 Å². The summed E-state index contributed by atoms with van der Waals surface area (Å²) >= 11 is 1.26. The fourth-order valence-electron chi connectivity index (χ4n) is 3.38. The van der Waals surface area contributed by atoms with Crippen LogP contribution in [0.25, 0.3) is 0 Å². The topological polar surface area (TPSA) is 84.9 Å². The number of ether oxygens (including phenoxy) is 2. The minimum absolute atomic E-state index is 0.137. The van der Waals surface area contributed by atoms with E-state index in [4.69, 9.17) is 9.47 Å². The van der Waals surface area contributed by atoms with Crippen molar-refractivity contribution in [2.75, 3.05) is 27.3 Å². The predicted molar refractivity (Wildman–Crippen MR) is 112 cm³/mol. The van der Waals surface area contributed by atoms with Crippen LogP contribution in [0, 0.1) is 12.8 Å². The number of amides is 1. The second kappa shape index (κ2) is 9.15. The van der Waals surface area contributed by atoms with Crippen LogP contribution in [0.1, 0.15) is 23.3 Å². The molecule has 1 saturated heterocycles. The number of carbonyl (C=O) groups excluding carboxylic acids is 1. The first kappa shape index (κ1) is 21.6. The molecule has 1 N–H and O–H groups in total. The number of sulfonamides is 1. The smallest absolute Gasteiger partial charge is 0.252 e. The first-order chi connectivity index (χ1) is 13.8. The summed E-state index contributed by atoms with van der Waals surface area (Å²) in [5.74, 6) is 0.724. The third kappa shape index (κ3) is 4.91. The van der Waals surface area contributed by atoms with E-state index in [0.29, 0.717) is 41.6 Å². The zero-order valence-electron chi connectivity index (χ0n) is 16.8. The molecule has 29 heavy (non-hydrogen) atoms. The molecule has 0 aliphatic carbocycles. The van der Waals surface area contributed by atoms with Crippen molar-refractivity contribution < 1.29 is 22.7 Å². The van der Waals surface area contributed by atoms with E-state index in [9.17, 15) is 13.2 Å². The van der Waals surface area contributed by atoms with Crippen molar-refractivity contribution >= 4 is 27.3 Å². The Labute approximate surface area is 175 Å². The highest BCUT2D eigenvalue weighted by atomic mass is 32.2. The van der Waals surface area contributed by atoms with E-state index in [1.807, 2.05) is 19.1 Å². The van der Waals surface area contributed by atoms with Crippen LogP contribution >= 0.6 is 11.3 Å². The summed E-state index contributed by atoms with van der Waals surface area (Å²) in [6.45, 7) is 2.87. The second-order valence-electron chi connectivity index (χ2n) is 6.97. The third-order valence-electron chi connectivity index (χ3n) is 4.98. The average molecular weight is 439 g/mol. The molecule has 1 atom stereocenters. The Hall–Kier alpha value is -2.10. The van der Waals surface area contributed by atoms with E-state index >= 15 is 0 Å². The Bertz CT molecular complexity index is 971. The number of methoxy groups -OCH3 is 2. The maximum atomic E-state index is 12.9. The van der Waals surface area contributed by atoms with Crippen molar-refractivity contribution in [2.45, 2.75) is 30.5 Å². The molecule has 7 nitrogen and oxygen atoms in total. The molecule has 0 spiro atoms. The molecule has 0 unspecified atom stereocenters. The van der Waals surface area contributed by atoms with Crippen molar-refractivity contribution in [3.05, 3.63) is 40.8 Å². The van der Waals surface area contributed by atoms with E-state index in [1.54, 1.807) is 32.4 Å². The molecule has 1 amide bonds. The minimum atomic E-state index is -3.55. The molecule has 9 heteroatoms. The van der Waals surface area contributed by atoms with Gasteiger partial charge in [-0.1, -0.05) is 6.07 Å². The lowest BCUT2D eigenvalue weighted by Gasteiger charge is -2.30. The number of hydrogen-bond donors (Lipinski definition) is 1. The summed E-state index contributed by atoms with van der Waals surface area (Å²) in [5.41, 5.74) is 0.880. The predicted octanol–water partition coefficient (Wildman–Crippen LogP) is 2.79. The van der Waals surface area contributed by atoms with Gasteiger partial charge in [0.05, 0.1) is 20.1 Å². The monoisotopic (exact) mass is 438 g/mol. The van der Waals surface area contributed by atoms with Gasteiger partial charge >= 0.3 is 0 Å². The molecule has 1 aliphatic heterocycles. The number of aryl methyl sites for hydroxylation is 1. The van der Waals surface area contributed by atoms with E-state index in [2.05, 4.69) is 5.32 Å². The Morgan fingerprint density at radius 3 is 2.62 bits per heavy atom. The molecule has 0 radical (unpaired) electrons. The number of carbonyl (C=O) groups is 1. The average Bonchev–Trinajstić information content (AvgIpc) is 3.19. The van der Waals surface area contributed by atoms with E-state index in [1.165, 1.54) is 15.6 Å². The minimum Gasteiger partial charge on any atom is -0.493 e. The van der Waals surface area contributed by atoms with Gasteiger partial charge in [0.2, 0.25) is 5.91 Å². The van der Waals surface area contributed by atoms with E-state index in [0.717, 1.165) is 10.4 Å². The fourth-order valence-corrected chi connectivity index (χ4v) is 6.34. The van der Waals surface area contributed by atoms with Gasteiger partial charge in [-0.15, -0.1) is 11.3 Å². The van der Waals surface area contributed by atoms with Gasteiger partial charge in [-0.25, -0.2) is 8.42 Å². The highest BCUT2D eigenvalue weighted by Gasteiger charge is 2.33. The largest absolute Gasteiger partial charge is 0.493 e. The SMILES string of the molecule is COc1ccc(CNC(=O)[C@H]2CCCN(S(=O)(=O)c3ccc(C)s3)C2)cc1OC. The standard InChI is InChI=1S/C20H26N2O5S2/c1-14-6-9-19(28-14)29(24,25)22-10-4-5-16(13-22)20(23)21-12-15-7-8-17(26-2)18(11-15)27-3/h6-9,11,16H,4-5,10,12-13H2,1-3H3,(H,21,23)/t16-/m0/s1.